The largest absolute Gasteiger partial charge is 0.353 e. The number of benzene rings is 1. The second-order valence-corrected chi connectivity index (χ2v) is 7.98. The lowest BCUT2D eigenvalue weighted by Crippen LogP contribution is -2.50. The number of nitrogens with one attached hydrogen (secondary N) is 2. The van der Waals surface area contributed by atoms with Crippen molar-refractivity contribution in [3.8, 4) is 0 Å². The number of hydrogen-bond acceptors (Lipinski definition) is 5. The van der Waals surface area contributed by atoms with E-state index in [1.807, 2.05) is 18.2 Å². The van der Waals surface area contributed by atoms with Crippen molar-refractivity contribution in [2.45, 2.75) is 6.54 Å². The van der Waals surface area contributed by atoms with E-state index in [0.29, 0.717) is 36.7 Å². The van der Waals surface area contributed by atoms with Crippen LogP contribution in [0.4, 0.5) is 20.0 Å². The predicted octanol–water partition coefficient (Wildman–Crippen LogP) is 3.57. The van der Waals surface area contributed by atoms with Crippen molar-refractivity contribution >= 4 is 34.1 Å². The molecule has 2 N–H and O–H groups in total. The van der Waals surface area contributed by atoms with Gasteiger partial charge in [0, 0.05) is 38.9 Å². The van der Waals surface area contributed by atoms with Gasteiger partial charge in [-0.25, -0.2) is 14.2 Å². The average molecular weight is 440 g/mol. The smallest absolute Gasteiger partial charge is 0.322 e. The van der Waals surface area contributed by atoms with Crippen LogP contribution in [0.15, 0.2) is 60.1 Å². The summed E-state index contributed by atoms with van der Waals surface area (Å²) in [7, 11) is 0. The number of pyridine rings is 1. The van der Waals surface area contributed by atoms with Crippen molar-refractivity contribution in [2.75, 3.05) is 36.4 Å². The van der Waals surface area contributed by atoms with Crippen molar-refractivity contribution in [2.24, 2.45) is 0 Å². The Hall–Kier alpha value is -3.46. The van der Waals surface area contributed by atoms with Gasteiger partial charge >= 0.3 is 6.03 Å². The molecule has 0 saturated carbocycles. The number of nitrogens with zero attached hydrogens (tertiary/aromatic N) is 3. The molecule has 3 heterocycles. The van der Waals surface area contributed by atoms with Crippen molar-refractivity contribution in [1.29, 1.82) is 0 Å². The molecule has 3 amide bonds. The molecule has 4 rings (SSSR count). The maximum absolute atomic E-state index is 13.0. The first kappa shape index (κ1) is 20.8. The van der Waals surface area contributed by atoms with Crippen LogP contribution in [0.2, 0.25) is 0 Å². The maximum Gasteiger partial charge on any atom is 0.322 e. The zero-order chi connectivity index (χ0) is 21.6. The van der Waals surface area contributed by atoms with Gasteiger partial charge in [-0.1, -0.05) is 18.2 Å². The molecule has 1 aliphatic heterocycles. The molecule has 31 heavy (non-hydrogen) atoms. The lowest BCUT2D eigenvalue weighted by Gasteiger charge is -2.35. The SMILES string of the molecule is O=C(NCc1ccc(F)cc1)c1ccsc1NC(=O)N1CCN(c2ccccn2)CC1. The monoisotopic (exact) mass is 439 g/mol. The van der Waals surface area contributed by atoms with E-state index in [9.17, 15) is 14.0 Å². The minimum absolute atomic E-state index is 0.226. The topological polar surface area (TPSA) is 77.6 Å². The van der Waals surface area contributed by atoms with Gasteiger partial charge in [0.15, 0.2) is 0 Å². The zero-order valence-electron chi connectivity index (χ0n) is 16.8. The highest BCUT2D eigenvalue weighted by molar-refractivity contribution is 7.14. The van der Waals surface area contributed by atoms with Crippen LogP contribution >= 0.6 is 11.3 Å². The molecule has 1 aliphatic rings. The number of thiophene rings is 1. The third kappa shape index (κ3) is 5.18. The molecule has 3 aromatic rings. The Morgan fingerprint density at radius 3 is 2.52 bits per heavy atom. The van der Waals surface area contributed by atoms with Gasteiger partial charge in [-0.3, -0.25) is 10.1 Å². The fraction of sp³-hybridized carbons (Fsp3) is 0.227. The molecule has 160 valence electrons. The van der Waals surface area contributed by atoms with Gasteiger partial charge < -0.3 is 15.1 Å². The molecular formula is C22H22FN5O2S. The van der Waals surface area contributed by atoms with Crippen LogP contribution in [0.25, 0.3) is 0 Å². The summed E-state index contributed by atoms with van der Waals surface area (Å²) in [5, 5.41) is 7.94. The normalized spacial score (nSPS) is 13.7. The molecular weight excluding hydrogens is 417 g/mol. The summed E-state index contributed by atoms with van der Waals surface area (Å²) in [5.41, 5.74) is 1.20. The number of halogens is 1. The third-order valence-electron chi connectivity index (χ3n) is 5.04. The summed E-state index contributed by atoms with van der Waals surface area (Å²) < 4.78 is 13.0. The highest BCUT2D eigenvalue weighted by atomic mass is 32.1. The Bertz CT molecular complexity index is 1030. The van der Waals surface area contributed by atoms with Crippen molar-refractivity contribution in [3.05, 3.63) is 77.1 Å². The molecule has 1 fully saturated rings. The summed E-state index contributed by atoms with van der Waals surface area (Å²) in [5.74, 6) is 0.292. The van der Waals surface area contributed by atoms with Crippen LogP contribution < -0.4 is 15.5 Å². The van der Waals surface area contributed by atoms with E-state index in [2.05, 4.69) is 20.5 Å². The highest BCUT2D eigenvalue weighted by Gasteiger charge is 2.23. The Labute approximate surface area is 183 Å². The molecule has 0 unspecified atom stereocenters. The van der Waals surface area contributed by atoms with Crippen LogP contribution in [-0.2, 0) is 6.54 Å². The predicted molar refractivity (Wildman–Crippen MR) is 119 cm³/mol. The van der Waals surface area contributed by atoms with Gasteiger partial charge in [0.1, 0.15) is 16.6 Å². The number of carbonyl (C=O) groups is 2. The van der Waals surface area contributed by atoms with Gasteiger partial charge in [-0.2, -0.15) is 0 Å². The van der Waals surface area contributed by atoms with Crippen LogP contribution in [0.1, 0.15) is 15.9 Å². The van der Waals surface area contributed by atoms with Gasteiger partial charge in [-0.15, -0.1) is 11.3 Å². The van der Waals surface area contributed by atoms with E-state index >= 15 is 0 Å². The number of hydrogen-bond donors (Lipinski definition) is 2. The van der Waals surface area contributed by atoms with E-state index in [4.69, 9.17) is 0 Å². The quantitative estimate of drug-likeness (QED) is 0.637. The Morgan fingerprint density at radius 1 is 1.03 bits per heavy atom. The van der Waals surface area contributed by atoms with E-state index < -0.39 is 0 Å². The van der Waals surface area contributed by atoms with Crippen LogP contribution in [0.3, 0.4) is 0 Å². The fourth-order valence-electron chi connectivity index (χ4n) is 3.32. The molecule has 0 atom stereocenters. The molecule has 0 aliphatic carbocycles. The molecule has 1 aromatic carbocycles. The molecule has 7 nitrogen and oxygen atoms in total. The van der Waals surface area contributed by atoms with Crippen molar-refractivity contribution in [1.82, 2.24) is 15.2 Å². The standard InChI is InChI=1S/C22H22FN5O2S/c23-17-6-4-16(5-7-17)15-25-20(29)18-8-14-31-21(18)26-22(30)28-12-10-27(11-13-28)19-3-1-2-9-24-19/h1-9,14H,10-13,15H2,(H,25,29)(H,26,30). The first-order valence-corrected chi connectivity index (χ1v) is 10.8. The van der Waals surface area contributed by atoms with E-state index in [-0.39, 0.29) is 24.3 Å². The number of urea groups is 1. The molecule has 0 spiro atoms. The van der Waals surface area contributed by atoms with E-state index in [1.54, 1.807) is 34.7 Å². The van der Waals surface area contributed by atoms with Gasteiger partial charge in [0.2, 0.25) is 0 Å². The maximum atomic E-state index is 13.0. The molecule has 2 aromatic heterocycles. The summed E-state index contributed by atoms with van der Waals surface area (Å²) in [6, 6.07) is 13.2. The molecule has 1 saturated heterocycles. The van der Waals surface area contributed by atoms with Crippen LogP contribution in [0, 0.1) is 5.82 Å². The van der Waals surface area contributed by atoms with Crippen molar-refractivity contribution in [3.63, 3.8) is 0 Å². The van der Waals surface area contributed by atoms with Gasteiger partial charge in [0.05, 0.1) is 5.56 Å². The molecule has 0 bridgehead atoms. The third-order valence-corrected chi connectivity index (χ3v) is 5.87. The number of piperazine rings is 1. The lowest BCUT2D eigenvalue weighted by molar-refractivity contribution is 0.0952. The highest BCUT2D eigenvalue weighted by Crippen LogP contribution is 2.24. The first-order chi connectivity index (χ1) is 15.1. The number of carbonyl (C=O) groups excluding carboxylic acids is 2. The van der Waals surface area contributed by atoms with Crippen LogP contribution in [0.5, 0.6) is 0 Å². The summed E-state index contributed by atoms with van der Waals surface area (Å²) in [4.78, 5) is 33.5. The second-order valence-electron chi connectivity index (χ2n) is 7.06. The average Bonchev–Trinajstić information content (AvgIpc) is 3.27. The molecule has 9 heteroatoms. The second kappa shape index (κ2) is 9.57. The number of anilines is 2. The summed E-state index contributed by atoms with van der Waals surface area (Å²) in [6.45, 7) is 2.80. The lowest BCUT2D eigenvalue weighted by atomic mass is 10.2. The minimum atomic E-state index is -0.321. The number of rotatable bonds is 5. The van der Waals surface area contributed by atoms with E-state index in [0.717, 1.165) is 11.4 Å². The van der Waals surface area contributed by atoms with Crippen molar-refractivity contribution < 1.29 is 14.0 Å². The van der Waals surface area contributed by atoms with E-state index in [1.165, 1.54) is 23.5 Å². The minimum Gasteiger partial charge on any atom is -0.353 e. The zero-order valence-corrected chi connectivity index (χ0v) is 17.6. The Kier molecular flexibility index (Phi) is 6.42. The molecule has 0 radical (unpaired) electrons. The Balaban J connectivity index is 1.31. The summed E-state index contributed by atoms with van der Waals surface area (Å²) in [6.07, 6.45) is 1.76. The summed E-state index contributed by atoms with van der Waals surface area (Å²) >= 11 is 1.30. The Morgan fingerprint density at radius 2 is 1.81 bits per heavy atom. The van der Waals surface area contributed by atoms with Crippen LogP contribution in [-0.4, -0.2) is 48.0 Å². The fourth-order valence-corrected chi connectivity index (χ4v) is 4.09. The van der Waals surface area contributed by atoms with Gasteiger partial charge in [-0.05, 0) is 41.3 Å². The number of aromatic nitrogens is 1. The first-order valence-electron chi connectivity index (χ1n) is 9.92. The van der Waals surface area contributed by atoms with Gasteiger partial charge in [0.25, 0.3) is 5.91 Å². The number of amides is 3.